The molecule has 238 valence electrons. The Balaban J connectivity index is 1.10. The number of likely N-dealkylation sites (tertiary alicyclic amines) is 1. The zero-order chi connectivity index (χ0) is 31.1. The summed E-state index contributed by atoms with van der Waals surface area (Å²) in [4.78, 5) is 32.8. The van der Waals surface area contributed by atoms with Gasteiger partial charge in [0.1, 0.15) is 12.4 Å². The molecule has 3 atom stereocenters. The van der Waals surface area contributed by atoms with Crippen molar-refractivity contribution < 1.29 is 23.5 Å². The molecule has 1 aliphatic carbocycles. The topological polar surface area (TPSA) is 77.6 Å². The molecule has 10 heteroatoms. The molecular weight excluding hydrogens is 561 g/mol. The van der Waals surface area contributed by atoms with Gasteiger partial charge in [-0.1, -0.05) is 30.8 Å². The second-order valence-corrected chi connectivity index (χ2v) is 12.1. The first-order valence-corrected chi connectivity index (χ1v) is 15.7. The lowest BCUT2D eigenvalue weighted by molar-refractivity contribution is -0.137. The molecule has 3 aliphatic rings. The Labute approximate surface area is 260 Å². The molecule has 2 heterocycles. The highest BCUT2D eigenvalue weighted by atomic mass is 19.1. The summed E-state index contributed by atoms with van der Waals surface area (Å²) in [6, 6.07) is 14.8. The average molecular weight is 608 g/mol. The number of halogens is 1. The standard InChI is InChI=1S/C34H46FN5O4/c1-4-32(41)36-13-18-43-19-20-44-24-33(42)39-16-14-38(15-17-39)27-9-5-8-26(21-27)28-22-40(23-31(28)37(2)3)30-12-11-25-7-6-10-29(35)34(25)30/h4-10,21,28,30-31H,1,11-20,22-24H2,2-3H3,(H,36,41)/t28-,30?,31+/m1/s1. The van der Waals surface area contributed by atoms with Crippen LogP contribution in [0.1, 0.15) is 35.1 Å². The summed E-state index contributed by atoms with van der Waals surface area (Å²) >= 11 is 0. The molecule has 0 spiro atoms. The molecule has 5 rings (SSSR count). The van der Waals surface area contributed by atoms with Crippen molar-refractivity contribution in [3.63, 3.8) is 0 Å². The Kier molecular flexibility index (Phi) is 11.0. The second kappa shape index (κ2) is 15.1. The number of ether oxygens (including phenoxy) is 2. The van der Waals surface area contributed by atoms with Crippen LogP contribution in [0.2, 0.25) is 0 Å². The van der Waals surface area contributed by atoms with Crippen molar-refractivity contribution in [1.29, 1.82) is 0 Å². The molecule has 2 amide bonds. The van der Waals surface area contributed by atoms with Gasteiger partial charge in [-0.2, -0.15) is 0 Å². The number of likely N-dealkylation sites (N-methyl/N-ethyl adjacent to an activating group) is 1. The number of nitrogens with one attached hydrogen (secondary N) is 1. The lowest BCUT2D eigenvalue weighted by Gasteiger charge is -2.36. The maximum absolute atomic E-state index is 14.9. The number of hydrogen-bond acceptors (Lipinski definition) is 7. The zero-order valence-electron chi connectivity index (χ0n) is 26.1. The van der Waals surface area contributed by atoms with Crippen LogP contribution in [0.3, 0.4) is 0 Å². The molecule has 9 nitrogen and oxygen atoms in total. The van der Waals surface area contributed by atoms with Crippen molar-refractivity contribution in [2.45, 2.75) is 30.8 Å². The van der Waals surface area contributed by atoms with Gasteiger partial charge in [-0.15, -0.1) is 0 Å². The van der Waals surface area contributed by atoms with Crippen LogP contribution in [0.4, 0.5) is 10.1 Å². The van der Waals surface area contributed by atoms with E-state index in [0.717, 1.165) is 50.1 Å². The van der Waals surface area contributed by atoms with Gasteiger partial charge in [-0.05, 0) is 62.3 Å². The number of nitrogens with zero attached hydrogens (tertiary/aromatic N) is 4. The number of carbonyl (C=O) groups is 2. The molecule has 44 heavy (non-hydrogen) atoms. The van der Waals surface area contributed by atoms with E-state index in [1.54, 1.807) is 6.07 Å². The minimum Gasteiger partial charge on any atom is -0.377 e. The predicted molar refractivity (Wildman–Crippen MR) is 169 cm³/mol. The highest BCUT2D eigenvalue weighted by Gasteiger charge is 2.41. The summed E-state index contributed by atoms with van der Waals surface area (Å²) in [5.74, 6) is 0.0154. The van der Waals surface area contributed by atoms with Crippen LogP contribution in [0.25, 0.3) is 0 Å². The monoisotopic (exact) mass is 607 g/mol. The van der Waals surface area contributed by atoms with Gasteiger partial charge in [0, 0.05) is 75.1 Å². The van der Waals surface area contributed by atoms with Crippen LogP contribution >= 0.6 is 0 Å². The SMILES string of the molecule is C=CC(=O)NCCOCCOCC(=O)N1CCN(c2cccc([C@H]3CN(C4CCc5cccc(F)c54)C[C@@H]3N(C)C)c2)CC1. The molecule has 2 aliphatic heterocycles. The average Bonchev–Trinajstić information content (AvgIpc) is 3.68. The van der Waals surface area contributed by atoms with Gasteiger partial charge in [0.2, 0.25) is 11.8 Å². The number of benzene rings is 2. The molecule has 2 aromatic carbocycles. The van der Waals surface area contributed by atoms with Gasteiger partial charge in [0.15, 0.2) is 0 Å². The first-order chi connectivity index (χ1) is 21.4. The van der Waals surface area contributed by atoms with Gasteiger partial charge in [-0.3, -0.25) is 14.5 Å². The number of rotatable bonds is 13. The van der Waals surface area contributed by atoms with Crippen molar-refractivity contribution in [2.75, 3.05) is 91.2 Å². The van der Waals surface area contributed by atoms with E-state index in [1.165, 1.54) is 17.3 Å². The van der Waals surface area contributed by atoms with Crippen LogP contribution in [0.5, 0.6) is 0 Å². The third-order valence-corrected chi connectivity index (χ3v) is 9.21. The number of aryl methyl sites for hydroxylation is 1. The van der Waals surface area contributed by atoms with Crippen LogP contribution < -0.4 is 10.2 Å². The van der Waals surface area contributed by atoms with Crippen LogP contribution in [0.15, 0.2) is 55.1 Å². The van der Waals surface area contributed by atoms with E-state index in [9.17, 15) is 14.0 Å². The van der Waals surface area contributed by atoms with Crippen molar-refractivity contribution in [2.24, 2.45) is 0 Å². The summed E-state index contributed by atoms with van der Waals surface area (Å²) < 4.78 is 25.8. The van der Waals surface area contributed by atoms with E-state index in [2.05, 4.69) is 71.0 Å². The van der Waals surface area contributed by atoms with Gasteiger partial charge in [-0.25, -0.2) is 4.39 Å². The summed E-state index contributed by atoms with van der Waals surface area (Å²) in [7, 11) is 4.29. The number of anilines is 1. The highest BCUT2D eigenvalue weighted by Crippen LogP contribution is 2.42. The fraction of sp³-hybridized carbons (Fsp3) is 0.529. The fourth-order valence-corrected chi connectivity index (χ4v) is 6.85. The molecule has 0 bridgehead atoms. The smallest absolute Gasteiger partial charge is 0.248 e. The molecule has 2 aromatic rings. The van der Waals surface area contributed by atoms with Crippen LogP contribution in [-0.2, 0) is 25.5 Å². The van der Waals surface area contributed by atoms with Gasteiger partial charge in [0.25, 0.3) is 0 Å². The van der Waals surface area contributed by atoms with E-state index in [-0.39, 0.29) is 30.3 Å². The van der Waals surface area contributed by atoms with E-state index >= 15 is 0 Å². The summed E-state index contributed by atoms with van der Waals surface area (Å²) in [5.41, 5.74) is 4.55. The molecule has 2 fully saturated rings. The predicted octanol–water partition coefficient (Wildman–Crippen LogP) is 2.83. The third kappa shape index (κ3) is 7.66. The lowest BCUT2D eigenvalue weighted by atomic mass is 9.93. The quantitative estimate of drug-likeness (QED) is 0.277. The van der Waals surface area contributed by atoms with Gasteiger partial charge >= 0.3 is 0 Å². The largest absolute Gasteiger partial charge is 0.377 e. The highest BCUT2D eigenvalue weighted by molar-refractivity contribution is 5.86. The first kappa shape index (κ1) is 32.1. The van der Waals surface area contributed by atoms with Crippen LogP contribution in [-0.4, -0.2) is 119 Å². The number of fused-ring (bicyclic) bond motifs is 1. The minimum absolute atomic E-state index is 0.0126. The Morgan fingerprint density at radius 2 is 1.82 bits per heavy atom. The van der Waals surface area contributed by atoms with E-state index in [0.29, 0.717) is 51.4 Å². The molecule has 0 aromatic heterocycles. The normalized spacial score (nSPS) is 22.0. The van der Waals surface area contributed by atoms with E-state index < -0.39 is 0 Å². The summed E-state index contributed by atoms with van der Waals surface area (Å²) in [6.45, 7) is 9.55. The molecule has 0 radical (unpaired) electrons. The maximum Gasteiger partial charge on any atom is 0.248 e. The number of carbonyl (C=O) groups excluding carboxylic acids is 2. The number of amides is 2. The number of piperazine rings is 1. The molecular formula is C34H46FN5O4. The fourth-order valence-electron chi connectivity index (χ4n) is 6.85. The molecule has 0 saturated carbocycles. The van der Waals surface area contributed by atoms with Crippen molar-refractivity contribution in [3.05, 3.63) is 77.6 Å². The summed E-state index contributed by atoms with van der Waals surface area (Å²) in [5, 5.41) is 2.64. The Morgan fingerprint density at radius 3 is 2.59 bits per heavy atom. The van der Waals surface area contributed by atoms with E-state index in [4.69, 9.17) is 9.47 Å². The van der Waals surface area contributed by atoms with E-state index in [1.807, 2.05) is 11.0 Å². The first-order valence-electron chi connectivity index (χ1n) is 15.7. The number of hydrogen-bond donors (Lipinski definition) is 1. The lowest BCUT2D eigenvalue weighted by Crippen LogP contribution is -2.49. The zero-order valence-corrected chi connectivity index (χ0v) is 26.1. The van der Waals surface area contributed by atoms with Crippen LogP contribution in [0, 0.1) is 5.82 Å². The van der Waals surface area contributed by atoms with Gasteiger partial charge in [0.05, 0.1) is 19.8 Å². The van der Waals surface area contributed by atoms with Crippen molar-refractivity contribution in [3.8, 4) is 0 Å². The second-order valence-electron chi connectivity index (χ2n) is 12.1. The Bertz CT molecular complexity index is 1300. The van der Waals surface area contributed by atoms with Gasteiger partial charge < -0.3 is 29.5 Å². The summed E-state index contributed by atoms with van der Waals surface area (Å²) in [6.07, 6.45) is 3.13. The Hall–Kier alpha value is -3.31. The minimum atomic E-state index is -0.230. The van der Waals surface area contributed by atoms with Crippen molar-refractivity contribution >= 4 is 17.5 Å². The molecule has 2 saturated heterocycles. The Morgan fingerprint density at radius 1 is 1.05 bits per heavy atom. The van der Waals surface area contributed by atoms with Crippen molar-refractivity contribution in [1.82, 2.24) is 20.0 Å². The molecule has 1 unspecified atom stereocenters. The third-order valence-electron chi connectivity index (χ3n) is 9.21. The maximum atomic E-state index is 14.9. The molecule has 1 N–H and O–H groups in total.